The average Bonchev–Trinajstić information content (AvgIpc) is 3.14. The molecule has 3 heterocycles. The number of hydrazone groups is 1. The molecule has 128 valence electrons. The number of pyridine rings is 1. The van der Waals surface area contributed by atoms with Gasteiger partial charge in [-0.05, 0) is 35.9 Å². The van der Waals surface area contributed by atoms with Gasteiger partial charge in [0.05, 0.1) is 11.8 Å². The number of halogens is 1. The van der Waals surface area contributed by atoms with Crippen molar-refractivity contribution in [1.29, 1.82) is 0 Å². The summed E-state index contributed by atoms with van der Waals surface area (Å²) in [7, 11) is 0. The summed E-state index contributed by atoms with van der Waals surface area (Å²) in [6.45, 7) is 0. The standard InChI is InChI=1S/C21H16BrN3O/c22-16-7-5-14(6-8-16)18-13-19-17-3-1-2-4-20(17)26-21(25(19)24-18)15-9-11-23-12-10-15/h1-12,19,21H,13H2/t19-,21-/m1/s1. The predicted octanol–water partition coefficient (Wildman–Crippen LogP) is 5.09. The van der Waals surface area contributed by atoms with Gasteiger partial charge in [0.25, 0.3) is 0 Å². The van der Waals surface area contributed by atoms with Gasteiger partial charge in [-0.2, -0.15) is 5.10 Å². The molecular formula is C21H16BrN3O. The van der Waals surface area contributed by atoms with Crippen LogP contribution in [0.2, 0.25) is 0 Å². The van der Waals surface area contributed by atoms with E-state index in [2.05, 4.69) is 62.3 Å². The number of para-hydroxylation sites is 1. The molecule has 1 aromatic heterocycles. The van der Waals surface area contributed by atoms with Crippen LogP contribution in [-0.4, -0.2) is 15.7 Å². The molecule has 26 heavy (non-hydrogen) atoms. The molecule has 0 saturated heterocycles. The van der Waals surface area contributed by atoms with Crippen molar-refractivity contribution in [1.82, 2.24) is 9.99 Å². The van der Waals surface area contributed by atoms with Gasteiger partial charge in [0.15, 0.2) is 0 Å². The summed E-state index contributed by atoms with van der Waals surface area (Å²) < 4.78 is 7.39. The Bertz CT molecular complexity index is 972. The van der Waals surface area contributed by atoms with Crippen LogP contribution in [0.3, 0.4) is 0 Å². The van der Waals surface area contributed by atoms with Crippen LogP contribution in [0.5, 0.6) is 5.75 Å². The number of aromatic nitrogens is 1. The quantitative estimate of drug-likeness (QED) is 0.595. The van der Waals surface area contributed by atoms with E-state index in [0.29, 0.717) is 0 Å². The first-order valence-corrected chi connectivity index (χ1v) is 9.36. The third-order valence-electron chi connectivity index (χ3n) is 4.87. The van der Waals surface area contributed by atoms with Crippen LogP contribution < -0.4 is 4.74 Å². The Balaban J connectivity index is 1.59. The van der Waals surface area contributed by atoms with Crippen LogP contribution in [0.4, 0.5) is 0 Å². The van der Waals surface area contributed by atoms with Gasteiger partial charge in [0, 0.05) is 34.4 Å². The zero-order valence-corrected chi connectivity index (χ0v) is 15.5. The predicted molar refractivity (Wildman–Crippen MR) is 104 cm³/mol. The molecule has 0 spiro atoms. The Morgan fingerprint density at radius 1 is 0.962 bits per heavy atom. The average molecular weight is 406 g/mol. The smallest absolute Gasteiger partial charge is 0.213 e. The minimum absolute atomic E-state index is 0.178. The minimum Gasteiger partial charge on any atom is -0.464 e. The van der Waals surface area contributed by atoms with Crippen molar-refractivity contribution < 1.29 is 4.74 Å². The summed E-state index contributed by atoms with van der Waals surface area (Å²) in [5.41, 5.74) is 4.48. The van der Waals surface area contributed by atoms with Crippen molar-refractivity contribution in [2.75, 3.05) is 0 Å². The molecule has 0 aliphatic carbocycles. The molecule has 4 nitrogen and oxygen atoms in total. The lowest BCUT2D eigenvalue weighted by Crippen LogP contribution is -2.33. The highest BCUT2D eigenvalue weighted by atomic mass is 79.9. The number of hydrogen-bond donors (Lipinski definition) is 0. The van der Waals surface area contributed by atoms with Crippen LogP contribution in [0.15, 0.2) is 82.6 Å². The van der Waals surface area contributed by atoms with Crippen molar-refractivity contribution in [2.45, 2.75) is 18.7 Å². The maximum atomic E-state index is 6.32. The van der Waals surface area contributed by atoms with E-state index in [1.807, 2.05) is 24.3 Å². The Labute approximate surface area is 160 Å². The molecule has 0 bridgehead atoms. The Hall–Kier alpha value is -2.66. The van der Waals surface area contributed by atoms with Crippen LogP contribution in [-0.2, 0) is 0 Å². The number of hydrogen-bond acceptors (Lipinski definition) is 4. The second-order valence-electron chi connectivity index (χ2n) is 6.44. The van der Waals surface area contributed by atoms with Crippen LogP contribution >= 0.6 is 15.9 Å². The third-order valence-corrected chi connectivity index (χ3v) is 5.40. The summed E-state index contributed by atoms with van der Waals surface area (Å²) in [6, 6.07) is 20.7. The van der Waals surface area contributed by atoms with Crippen LogP contribution in [0, 0.1) is 0 Å². The van der Waals surface area contributed by atoms with E-state index in [-0.39, 0.29) is 12.3 Å². The highest BCUT2D eigenvalue weighted by Gasteiger charge is 2.40. The van der Waals surface area contributed by atoms with E-state index in [4.69, 9.17) is 9.84 Å². The second kappa shape index (κ2) is 6.25. The molecular weight excluding hydrogens is 390 g/mol. The largest absolute Gasteiger partial charge is 0.464 e. The maximum absolute atomic E-state index is 6.32. The van der Waals surface area contributed by atoms with E-state index in [1.165, 1.54) is 5.56 Å². The molecule has 0 saturated carbocycles. The molecule has 5 heteroatoms. The van der Waals surface area contributed by atoms with Crippen LogP contribution in [0.1, 0.15) is 35.4 Å². The fraction of sp³-hybridized carbons (Fsp3) is 0.143. The molecule has 2 atom stereocenters. The number of fused-ring (bicyclic) bond motifs is 3. The fourth-order valence-corrected chi connectivity index (χ4v) is 3.86. The van der Waals surface area contributed by atoms with Gasteiger partial charge in [0.1, 0.15) is 5.75 Å². The third kappa shape index (κ3) is 2.59. The first-order valence-electron chi connectivity index (χ1n) is 8.57. The molecule has 2 aliphatic rings. The SMILES string of the molecule is Brc1ccc(C2=NN3[C@H](C2)c2ccccc2O[C@@H]3c2ccncc2)cc1. The molecule has 5 rings (SSSR count). The Morgan fingerprint density at radius 2 is 1.73 bits per heavy atom. The highest BCUT2D eigenvalue weighted by Crippen LogP contribution is 2.47. The second-order valence-corrected chi connectivity index (χ2v) is 7.36. The van der Waals surface area contributed by atoms with Crippen molar-refractivity contribution in [3.8, 4) is 5.75 Å². The zero-order valence-electron chi connectivity index (χ0n) is 13.9. The summed E-state index contributed by atoms with van der Waals surface area (Å²) in [4.78, 5) is 4.13. The molecule has 0 fully saturated rings. The molecule has 2 aromatic carbocycles. The number of rotatable bonds is 2. The normalized spacial score (nSPS) is 20.8. The maximum Gasteiger partial charge on any atom is 0.213 e. The van der Waals surface area contributed by atoms with E-state index >= 15 is 0 Å². The lowest BCUT2D eigenvalue weighted by atomic mass is 9.96. The molecule has 2 aliphatic heterocycles. The van der Waals surface area contributed by atoms with Crippen molar-refractivity contribution >= 4 is 21.6 Å². The summed E-state index contributed by atoms with van der Waals surface area (Å²) in [5, 5.41) is 7.05. The topological polar surface area (TPSA) is 37.7 Å². The molecule has 0 unspecified atom stereocenters. The minimum atomic E-state index is -0.245. The fourth-order valence-electron chi connectivity index (χ4n) is 3.60. The molecule has 0 N–H and O–H groups in total. The van der Waals surface area contributed by atoms with Crippen molar-refractivity contribution in [2.24, 2.45) is 5.10 Å². The van der Waals surface area contributed by atoms with E-state index < -0.39 is 0 Å². The van der Waals surface area contributed by atoms with Gasteiger partial charge in [-0.15, -0.1) is 0 Å². The lowest BCUT2D eigenvalue weighted by Gasteiger charge is -2.38. The van der Waals surface area contributed by atoms with Crippen molar-refractivity contribution in [3.05, 3.63) is 94.2 Å². The van der Waals surface area contributed by atoms with Crippen molar-refractivity contribution in [3.63, 3.8) is 0 Å². The van der Waals surface area contributed by atoms with Gasteiger partial charge in [-0.3, -0.25) is 4.98 Å². The van der Waals surface area contributed by atoms with E-state index in [0.717, 1.165) is 33.5 Å². The Kier molecular flexibility index (Phi) is 3.75. The Morgan fingerprint density at radius 3 is 2.54 bits per heavy atom. The summed E-state index contributed by atoms with van der Waals surface area (Å²) in [5.74, 6) is 0.933. The molecule has 0 amide bonds. The zero-order chi connectivity index (χ0) is 17.5. The molecule has 0 radical (unpaired) electrons. The van der Waals surface area contributed by atoms with Gasteiger partial charge in [-0.1, -0.05) is 46.3 Å². The number of benzene rings is 2. The highest BCUT2D eigenvalue weighted by molar-refractivity contribution is 9.10. The monoisotopic (exact) mass is 405 g/mol. The van der Waals surface area contributed by atoms with Gasteiger partial charge in [-0.25, -0.2) is 5.01 Å². The first kappa shape index (κ1) is 15.6. The van der Waals surface area contributed by atoms with E-state index in [9.17, 15) is 0 Å². The number of ether oxygens (including phenoxy) is 1. The summed E-state index contributed by atoms with van der Waals surface area (Å²) in [6.07, 6.45) is 4.21. The molecule has 3 aromatic rings. The number of nitrogens with zero attached hydrogens (tertiary/aromatic N) is 3. The first-order chi connectivity index (χ1) is 12.8. The summed E-state index contributed by atoms with van der Waals surface area (Å²) >= 11 is 3.50. The van der Waals surface area contributed by atoms with E-state index in [1.54, 1.807) is 12.4 Å². The van der Waals surface area contributed by atoms with Gasteiger partial charge in [0.2, 0.25) is 6.23 Å². The lowest BCUT2D eigenvalue weighted by molar-refractivity contribution is -0.0190. The van der Waals surface area contributed by atoms with Gasteiger partial charge >= 0.3 is 0 Å². The van der Waals surface area contributed by atoms with Crippen LogP contribution in [0.25, 0.3) is 0 Å². The van der Waals surface area contributed by atoms with Gasteiger partial charge < -0.3 is 4.74 Å².